The molecule has 0 aliphatic carbocycles. The molecule has 3 heteroatoms. The van der Waals surface area contributed by atoms with Gasteiger partial charge in [-0.15, -0.1) is 0 Å². The van der Waals surface area contributed by atoms with Crippen molar-refractivity contribution in [3.05, 3.63) is 0 Å². The summed E-state index contributed by atoms with van der Waals surface area (Å²) in [6.45, 7) is 7.58. The van der Waals surface area contributed by atoms with Gasteiger partial charge in [-0.05, 0) is 51.6 Å². The highest BCUT2D eigenvalue weighted by Gasteiger charge is 2.29. The lowest BCUT2D eigenvalue weighted by Crippen LogP contribution is -2.50. The predicted molar refractivity (Wildman–Crippen MR) is 68.5 cm³/mol. The van der Waals surface area contributed by atoms with Crippen molar-refractivity contribution in [3.8, 4) is 0 Å². The van der Waals surface area contributed by atoms with Crippen LogP contribution < -0.4 is 5.73 Å². The average molecular weight is 228 g/mol. The van der Waals surface area contributed by atoms with E-state index in [-0.39, 0.29) is 0 Å². The molecule has 16 heavy (non-hydrogen) atoms. The SMILES string of the molecule is COCC(CCCN)N1CCCC(C)C1C. The maximum absolute atomic E-state index is 5.61. The molecular weight excluding hydrogens is 200 g/mol. The van der Waals surface area contributed by atoms with Gasteiger partial charge < -0.3 is 10.5 Å². The first kappa shape index (κ1) is 13.9. The van der Waals surface area contributed by atoms with Crippen LogP contribution in [0.25, 0.3) is 0 Å². The van der Waals surface area contributed by atoms with Gasteiger partial charge in [0.25, 0.3) is 0 Å². The van der Waals surface area contributed by atoms with Crippen molar-refractivity contribution >= 4 is 0 Å². The van der Waals surface area contributed by atoms with Crippen molar-refractivity contribution in [2.75, 3.05) is 26.8 Å². The number of nitrogens with zero attached hydrogens (tertiary/aromatic N) is 1. The minimum atomic E-state index is 0.561. The summed E-state index contributed by atoms with van der Waals surface area (Å²) >= 11 is 0. The lowest BCUT2D eigenvalue weighted by atomic mass is 9.90. The monoisotopic (exact) mass is 228 g/mol. The van der Waals surface area contributed by atoms with Gasteiger partial charge in [-0.2, -0.15) is 0 Å². The second kappa shape index (κ2) is 7.25. The minimum Gasteiger partial charge on any atom is -0.383 e. The maximum Gasteiger partial charge on any atom is 0.0618 e. The van der Waals surface area contributed by atoms with Gasteiger partial charge in [0.2, 0.25) is 0 Å². The number of methoxy groups -OCH3 is 1. The molecule has 1 aliphatic rings. The number of hydrogen-bond acceptors (Lipinski definition) is 3. The van der Waals surface area contributed by atoms with Gasteiger partial charge in [0, 0.05) is 19.2 Å². The van der Waals surface area contributed by atoms with Gasteiger partial charge in [0.15, 0.2) is 0 Å². The number of piperidine rings is 1. The lowest BCUT2D eigenvalue weighted by Gasteiger charge is -2.42. The van der Waals surface area contributed by atoms with E-state index in [0.717, 1.165) is 25.5 Å². The van der Waals surface area contributed by atoms with Gasteiger partial charge in [-0.3, -0.25) is 4.90 Å². The summed E-state index contributed by atoms with van der Waals surface area (Å²) in [5, 5.41) is 0. The van der Waals surface area contributed by atoms with Crippen LogP contribution in [0.5, 0.6) is 0 Å². The molecule has 0 radical (unpaired) electrons. The molecule has 0 aromatic heterocycles. The zero-order chi connectivity index (χ0) is 12.0. The van der Waals surface area contributed by atoms with E-state index in [1.54, 1.807) is 7.11 Å². The fourth-order valence-corrected chi connectivity index (χ4v) is 2.77. The highest BCUT2D eigenvalue weighted by Crippen LogP contribution is 2.26. The molecule has 0 saturated carbocycles. The molecule has 2 N–H and O–H groups in total. The molecule has 96 valence electrons. The molecular formula is C13H28N2O. The molecule has 0 amide bonds. The molecule has 3 nitrogen and oxygen atoms in total. The molecule has 0 spiro atoms. The standard InChI is InChI=1S/C13H28N2O/c1-11-6-5-9-15(12(11)2)13(10-16-3)7-4-8-14/h11-13H,4-10,14H2,1-3H3. The van der Waals surface area contributed by atoms with E-state index in [1.807, 2.05) is 0 Å². The third-order valence-corrected chi connectivity index (χ3v) is 3.99. The van der Waals surface area contributed by atoms with E-state index in [0.29, 0.717) is 12.1 Å². The summed E-state index contributed by atoms with van der Waals surface area (Å²) in [4.78, 5) is 2.63. The van der Waals surface area contributed by atoms with E-state index >= 15 is 0 Å². The third kappa shape index (κ3) is 3.72. The Morgan fingerprint density at radius 1 is 1.44 bits per heavy atom. The Kier molecular flexibility index (Phi) is 6.32. The van der Waals surface area contributed by atoms with Crippen molar-refractivity contribution in [1.29, 1.82) is 0 Å². The Hall–Kier alpha value is -0.120. The van der Waals surface area contributed by atoms with Crippen LogP contribution in [0.3, 0.4) is 0 Å². The Labute approximate surface area is 100 Å². The number of nitrogens with two attached hydrogens (primary N) is 1. The number of rotatable bonds is 6. The number of likely N-dealkylation sites (tertiary alicyclic amines) is 1. The highest BCUT2D eigenvalue weighted by molar-refractivity contribution is 4.84. The van der Waals surface area contributed by atoms with Crippen LogP contribution in [0.2, 0.25) is 0 Å². The van der Waals surface area contributed by atoms with Gasteiger partial charge in [-0.1, -0.05) is 6.92 Å². The van der Waals surface area contributed by atoms with Crippen molar-refractivity contribution in [2.45, 2.75) is 51.6 Å². The third-order valence-electron chi connectivity index (χ3n) is 3.99. The smallest absolute Gasteiger partial charge is 0.0618 e. The van der Waals surface area contributed by atoms with Gasteiger partial charge >= 0.3 is 0 Å². The van der Waals surface area contributed by atoms with Crippen molar-refractivity contribution < 1.29 is 4.74 Å². The second-order valence-electron chi connectivity index (χ2n) is 5.14. The first-order chi connectivity index (χ1) is 7.70. The second-order valence-corrected chi connectivity index (χ2v) is 5.14. The van der Waals surface area contributed by atoms with Gasteiger partial charge in [-0.25, -0.2) is 0 Å². The predicted octanol–water partition coefficient (Wildman–Crippen LogP) is 1.86. The number of hydrogen-bond donors (Lipinski definition) is 1. The Morgan fingerprint density at radius 3 is 2.81 bits per heavy atom. The van der Waals surface area contributed by atoms with E-state index < -0.39 is 0 Å². The lowest BCUT2D eigenvalue weighted by molar-refractivity contribution is 0.0208. The molecule has 1 rings (SSSR count). The van der Waals surface area contributed by atoms with E-state index in [9.17, 15) is 0 Å². The molecule has 0 aromatic rings. The summed E-state index contributed by atoms with van der Waals surface area (Å²) in [5.74, 6) is 0.811. The van der Waals surface area contributed by atoms with Crippen LogP contribution in [0.15, 0.2) is 0 Å². The molecule has 0 bridgehead atoms. The first-order valence-electron chi connectivity index (χ1n) is 6.65. The molecule has 1 heterocycles. The quantitative estimate of drug-likeness (QED) is 0.754. The van der Waals surface area contributed by atoms with Gasteiger partial charge in [0.05, 0.1) is 6.61 Å². The zero-order valence-corrected chi connectivity index (χ0v) is 11.1. The van der Waals surface area contributed by atoms with Gasteiger partial charge in [0.1, 0.15) is 0 Å². The fraction of sp³-hybridized carbons (Fsp3) is 1.00. The first-order valence-corrected chi connectivity index (χ1v) is 6.65. The Bertz CT molecular complexity index is 187. The molecule has 0 aromatic carbocycles. The summed E-state index contributed by atoms with van der Waals surface area (Å²) < 4.78 is 5.36. The highest BCUT2D eigenvalue weighted by atomic mass is 16.5. The van der Waals surface area contributed by atoms with E-state index in [4.69, 9.17) is 10.5 Å². The Balaban J connectivity index is 2.53. The van der Waals surface area contributed by atoms with E-state index in [1.165, 1.54) is 25.8 Å². The zero-order valence-electron chi connectivity index (χ0n) is 11.1. The van der Waals surface area contributed by atoms with Crippen LogP contribution in [-0.2, 0) is 4.74 Å². The van der Waals surface area contributed by atoms with E-state index in [2.05, 4.69) is 18.7 Å². The van der Waals surface area contributed by atoms with Crippen molar-refractivity contribution in [2.24, 2.45) is 11.7 Å². The summed E-state index contributed by atoms with van der Waals surface area (Å²) in [5.41, 5.74) is 5.61. The molecule has 3 unspecified atom stereocenters. The van der Waals surface area contributed by atoms with Crippen molar-refractivity contribution in [3.63, 3.8) is 0 Å². The molecule has 1 fully saturated rings. The Morgan fingerprint density at radius 2 is 2.19 bits per heavy atom. The normalized spacial score (nSPS) is 29.2. The van der Waals surface area contributed by atoms with Crippen LogP contribution in [0, 0.1) is 5.92 Å². The average Bonchev–Trinajstić information content (AvgIpc) is 2.28. The fourth-order valence-electron chi connectivity index (χ4n) is 2.77. The largest absolute Gasteiger partial charge is 0.383 e. The van der Waals surface area contributed by atoms with Crippen LogP contribution in [-0.4, -0.2) is 43.8 Å². The van der Waals surface area contributed by atoms with Crippen LogP contribution in [0.4, 0.5) is 0 Å². The maximum atomic E-state index is 5.61. The van der Waals surface area contributed by atoms with Crippen molar-refractivity contribution in [1.82, 2.24) is 4.90 Å². The number of ether oxygens (including phenoxy) is 1. The summed E-state index contributed by atoms with van der Waals surface area (Å²) in [6, 6.07) is 1.25. The van der Waals surface area contributed by atoms with Crippen LogP contribution >= 0.6 is 0 Å². The van der Waals surface area contributed by atoms with Crippen LogP contribution in [0.1, 0.15) is 39.5 Å². The minimum absolute atomic E-state index is 0.561. The molecule has 1 saturated heterocycles. The summed E-state index contributed by atoms with van der Waals surface area (Å²) in [7, 11) is 1.80. The molecule has 1 aliphatic heterocycles. The topological polar surface area (TPSA) is 38.5 Å². The molecule has 3 atom stereocenters. The summed E-state index contributed by atoms with van der Waals surface area (Å²) in [6.07, 6.45) is 4.97.